The fourth-order valence-electron chi connectivity index (χ4n) is 2.90. The molecule has 1 aliphatic carbocycles. The van der Waals surface area contributed by atoms with E-state index in [0.717, 1.165) is 38.5 Å². The molecule has 2 heterocycles. The number of carbonyl (C=O) groups excluding carboxylic acids is 1. The maximum Gasteiger partial charge on any atom is 0.275 e. The van der Waals surface area contributed by atoms with Crippen molar-refractivity contribution in [2.24, 2.45) is 7.05 Å². The van der Waals surface area contributed by atoms with Crippen molar-refractivity contribution in [1.82, 2.24) is 24.8 Å². The lowest BCUT2D eigenvalue weighted by Crippen LogP contribution is -2.37. The van der Waals surface area contributed by atoms with Crippen LogP contribution in [0.15, 0.2) is 18.7 Å². The van der Waals surface area contributed by atoms with Crippen LogP contribution in [0.2, 0.25) is 0 Å². The van der Waals surface area contributed by atoms with Gasteiger partial charge in [0.05, 0.1) is 31.5 Å². The Morgan fingerprint density at radius 3 is 2.64 bits per heavy atom. The van der Waals surface area contributed by atoms with E-state index in [1.165, 1.54) is 13.5 Å². The van der Waals surface area contributed by atoms with Gasteiger partial charge in [0.25, 0.3) is 5.91 Å². The van der Waals surface area contributed by atoms with E-state index in [4.69, 9.17) is 9.84 Å². The summed E-state index contributed by atoms with van der Waals surface area (Å²) >= 11 is 0. The molecule has 0 atom stereocenters. The smallest absolute Gasteiger partial charge is 0.275 e. The van der Waals surface area contributed by atoms with Crippen molar-refractivity contribution in [2.45, 2.75) is 38.1 Å². The van der Waals surface area contributed by atoms with E-state index < -0.39 is 0 Å². The Balaban J connectivity index is 0.00000109. The zero-order chi connectivity index (χ0) is 18.2. The first-order valence-electron chi connectivity index (χ1n) is 8.32. The molecule has 2 aromatic rings. The predicted octanol–water partition coefficient (Wildman–Crippen LogP) is 1.80. The summed E-state index contributed by atoms with van der Waals surface area (Å²) in [6.45, 7) is 0. The molecule has 8 heteroatoms. The minimum Gasteiger partial charge on any atom is -0.479 e. The van der Waals surface area contributed by atoms with Crippen molar-refractivity contribution in [3.8, 4) is 17.3 Å². The maximum absolute atomic E-state index is 12.6. The van der Waals surface area contributed by atoms with Crippen LogP contribution in [0.3, 0.4) is 0 Å². The molecule has 1 aliphatic rings. The Labute approximate surface area is 148 Å². The fourth-order valence-corrected chi connectivity index (χ4v) is 2.90. The third kappa shape index (κ3) is 4.54. The number of amides is 1. The van der Waals surface area contributed by atoms with Gasteiger partial charge in [-0.1, -0.05) is 19.3 Å². The SMILES string of the molecule is CO.COc1ncc(-c2cncn2C)nc1C(=O)NC1CCCCC1.[HH]. The van der Waals surface area contributed by atoms with Crippen LogP contribution in [-0.2, 0) is 7.05 Å². The molecule has 8 nitrogen and oxygen atoms in total. The number of aliphatic hydroxyl groups is 1. The van der Waals surface area contributed by atoms with Gasteiger partial charge in [0, 0.05) is 21.6 Å². The van der Waals surface area contributed by atoms with E-state index in [2.05, 4.69) is 20.3 Å². The molecule has 138 valence electrons. The molecule has 0 aromatic carbocycles. The topological polar surface area (TPSA) is 102 Å². The number of aryl methyl sites for hydroxylation is 1. The zero-order valence-electron chi connectivity index (χ0n) is 14.9. The monoisotopic (exact) mass is 349 g/mol. The Bertz CT molecular complexity index is 701. The average molecular weight is 349 g/mol. The lowest BCUT2D eigenvalue weighted by Gasteiger charge is -2.22. The summed E-state index contributed by atoms with van der Waals surface area (Å²) in [7, 11) is 4.36. The molecule has 0 aliphatic heterocycles. The van der Waals surface area contributed by atoms with E-state index in [-0.39, 0.29) is 24.9 Å². The van der Waals surface area contributed by atoms with Crippen LogP contribution in [-0.4, -0.2) is 50.8 Å². The van der Waals surface area contributed by atoms with Gasteiger partial charge in [-0.3, -0.25) is 4.79 Å². The normalized spacial score (nSPS) is 14.4. The third-order valence-corrected chi connectivity index (χ3v) is 4.17. The highest BCUT2D eigenvalue weighted by Gasteiger charge is 2.22. The number of carbonyl (C=O) groups is 1. The molecule has 1 saturated carbocycles. The van der Waals surface area contributed by atoms with Gasteiger partial charge in [-0.25, -0.2) is 15.0 Å². The Morgan fingerprint density at radius 1 is 1.32 bits per heavy atom. The lowest BCUT2D eigenvalue weighted by molar-refractivity contribution is 0.0918. The van der Waals surface area contributed by atoms with Crippen molar-refractivity contribution < 1.29 is 16.1 Å². The molecule has 25 heavy (non-hydrogen) atoms. The molecule has 0 saturated heterocycles. The summed E-state index contributed by atoms with van der Waals surface area (Å²) in [5.41, 5.74) is 1.61. The largest absolute Gasteiger partial charge is 0.479 e. The number of imidazole rings is 1. The van der Waals surface area contributed by atoms with Crippen molar-refractivity contribution in [2.75, 3.05) is 14.2 Å². The molecule has 1 fully saturated rings. The second-order valence-corrected chi connectivity index (χ2v) is 5.81. The number of hydrogen-bond donors (Lipinski definition) is 2. The quantitative estimate of drug-likeness (QED) is 0.873. The van der Waals surface area contributed by atoms with Gasteiger partial charge in [0.1, 0.15) is 5.69 Å². The Morgan fingerprint density at radius 2 is 2.04 bits per heavy atom. The van der Waals surface area contributed by atoms with Crippen molar-refractivity contribution >= 4 is 5.91 Å². The first-order chi connectivity index (χ1) is 12.2. The number of hydrogen-bond acceptors (Lipinski definition) is 6. The highest BCUT2D eigenvalue weighted by Crippen LogP contribution is 2.22. The molecule has 2 N–H and O–H groups in total. The number of nitrogens with one attached hydrogen (secondary N) is 1. The molecule has 0 radical (unpaired) electrons. The summed E-state index contributed by atoms with van der Waals surface area (Å²) in [6.07, 6.45) is 10.6. The molecule has 3 rings (SSSR count). The average Bonchev–Trinajstić information content (AvgIpc) is 3.09. The van der Waals surface area contributed by atoms with Crippen molar-refractivity contribution in [3.63, 3.8) is 0 Å². The van der Waals surface area contributed by atoms with E-state index in [1.54, 1.807) is 18.7 Å². The predicted molar refractivity (Wildman–Crippen MR) is 95.4 cm³/mol. The summed E-state index contributed by atoms with van der Waals surface area (Å²) in [5, 5.41) is 10.1. The molecule has 1 amide bonds. The van der Waals surface area contributed by atoms with Crippen LogP contribution < -0.4 is 10.1 Å². The minimum absolute atomic E-state index is 0. The molecular weight excluding hydrogens is 322 g/mol. The zero-order valence-corrected chi connectivity index (χ0v) is 14.9. The van der Waals surface area contributed by atoms with Crippen molar-refractivity contribution in [1.29, 1.82) is 0 Å². The van der Waals surface area contributed by atoms with E-state index in [0.29, 0.717) is 5.69 Å². The Kier molecular flexibility index (Phi) is 6.88. The number of aliphatic hydroxyl groups excluding tert-OH is 1. The lowest BCUT2D eigenvalue weighted by atomic mass is 9.95. The maximum atomic E-state index is 12.6. The standard InChI is InChI=1S/C16H21N5O2.CH4O.H2/c1-21-10-17-9-13(21)12-8-18-16(23-2)14(20-12)15(22)19-11-6-4-3-5-7-11;1-2;/h8-11H,3-7H2,1-2H3,(H,19,22);2H,1H3;1H. The van der Waals surface area contributed by atoms with Crippen LogP contribution in [0, 0.1) is 0 Å². The first-order valence-corrected chi connectivity index (χ1v) is 8.32. The number of methoxy groups -OCH3 is 1. The number of aromatic nitrogens is 4. The van der Waals surface area contributed by atoms with Gasteiger partial charge in [0.2, 0.25) is 5.88 Å². The highest BCUT2D eigenvalue weighted by molar-refractivity contribution is 5.95. The summed E-state index contributed by atoms with van der Waals surface area (Å²) in [5.74, 6) is 0.00879. The van der Waals surface area contributed by atoms with Gasteiger partial charge in [0.15, 0.2) is 5.69 Å². The molecule has 0 unspecified atom stereocenters. The van der Waals surface area contributed by atoms with Crippen LogP contribution in [0.4, 0.5) is 0 Å². The van der Waals surface area contributed by atoms with Gasteiger partial charge >= 0.3 is 0 Å². The van der Waals surface area contributed by atoms with Crippen LogP contribution >= 0.6 is 0 Å². The van der Waals surface area contributed by atoms with Gasteiger partial charge < -0.3 is 19.7 Å². The van der Waals surface area contributed by atoms with E-state index in [1.807, 2.05) is 11.6 Å². The number of rotatable bonds is 4. The van der Waals surface area contributed by atoms with Crippen LogP contribution in [0.25, 0.3) is 11.4 Å². The van der Waals surface area contributed by atoms with Gasteiger partial charge in [-0.15, -0.1) is 0 Å². The molecular formula is C17H27N5O3. The first kappa shape index (κ1) is 18.9. The van der Waals surface area contributed by atoms with Gasteiger partial charge in [-0.05, 0) is 12.8 Å². The van der Waals surface area contributed by atoms with Crippen LogP contribution in [0.1, 0.15) is 44.0 Å². The van der Waals surface area contributed by atoms with E-state index >= 15 is 0 Å². The Hall–Kier alpha value is -2.48. The van der Waals surface area contributed by atoms with Crippen molar-refractivity contribution in [3.05, 3.63) is 24.4 Å². The number of nitrogens with zero attached hydrogens (tertiary/aromatic N) is 4. The summed E-state index contributed by atoms with van der Waals surface area (Å²) in [6, 6.07) is 0.211. The second-order valence-electron chi connectivity index (χ2n) is 5.81. The molecule has 2 aromatic heterocycles. The summed E-state index contributed by atoms with van der Waals surface area (Å²) in [4.78, 5) is 25.3. The van der Waals surface area contributed by atoms with Crippen LogP contribution in [0.5, 0.6) is 5.88 Å². The molecule has 0 bridgehead atoms. The highest BCUT2D eigenvalue weighted by atomic mass is 16.5. The fraction of sp³-hybridized carbons (Fsp3) is 0.529. The number of ether oxygens (including phenoxy) is 1. The second kappa shape index (κ2) is 9.12. The third-order valence-electron chi connectivity index (χ3n) is 4.17. The molecule has 0 spiro atoms. The van der Waals surface area contributed by atoms with E-state index in [9.17, 15) is 4.79 Å². The minimum atomic E-state index is -0.231. The summed E-state index contributed by atoms with van der Waals surface area (Å²) < 4.78 is 7.03. The van der Waals surface area contributed by atoms with Gasteiger partial charge in [-0.2, -0.15) is 0 Å².